The number of alkyl halides is 1. The van der Waals surface area contributed by atoms with Gasteiger partial charge in [-0.05, 0) is 23.6 Å². The highest BCUT2D eigenvalue weighted by Gasteiger charge is 2.43. The molecule has 0 unspecified atom stereocenters. The first-order valence-corrected chi connectivity index (χ1v) is 9.48. The zero-order valence-electron chi connectivity index (χ0n) is 15.5. The summed E-state index contributed by atoms with van der Waals surface area (Å²) in [4.78, 5) is 26.3. The fourth-order valence-corrected chi connectivity index (χ4v) is 3.91. The summed E-state index contributed by atoms with van der Waals surface area (Å²) in [5.74, 6) is 0.915. The Morgan fingerprint density at radius 3 is 2.42 bits per heavy atom. The summed E-state index contributed by atoms with van der Waals surface area (Å²) in [7, 11) is 4.63. The van der Waals surface area contributed by atoms with Crippen molar-refractivity contribution in [2.24, 2.45) is 5.92 Å². The maximum atomic E-state index is 13.0. The van der Waals surface area contributed by atoms with E-state index in [0.717, 1.165) is 5.56 Å². The van der Waals surface area contributed by atoms with Crippen LogP contribution in [0, 0.1) is 5.92 Å². The third-order valence-electron chi connectivity index (χ3n) is 4.40. The van der Waals surface area contributed by atoms with E-state index in [1.165, 1.54) is 12.0 Å². The van der Waals surface area contributed by atoms with Crippen LogP contribution in [0.2, 0.25) is 0 Å². The molecule has 0 spiro atoms. The van der Waals surface area contributed by atoms with Crippen LogP contribution < -0.4 is 9.47 Å². The van der Waals surface area contributed by atoms with E-state index in [-0.39, 0.29) is 24.5 Å². The Balaban J connectivity index is 2.29. The number of hydrogen-bond donors (Lipinski definition) is 0. The molecular weight excluding hydrogens is 453 g/mol. The zero-order chi connectivity index (χ0) is 19.4. The van der Waals surface area contributed by atoms with Crippen molar-refractivity contribution in [3.63, 3.8) is 0 Å². The Bertz CT molecular complexity index is 665. The van der Waals surface area contributed by atoms with Gasteiger partial charge in [-0.1, -0.05) is 42.5 Å². The number of benzene rings is 1. The number of carbonyl (C=O) groups excluding carboxylic acids is 2. The third kappa shape index (κ3) is 4.06. The molecule has 2 amide bonds. The van der Waals surface area contributed by atoms with Crippen LogP contribution in [-0.4, -0.2) is 54.8 Å². The number of ether oxygens (including phenoxy) is 4. The normalized spacial score (nSPS) is 19.3. The molecule has 1 heterocycles. The molecule has 2 rings (SSSR count). The average Bonchev–Trinajstić information content (AvgIpc) is 3.03. The summed E-state index contributed by atoms with van der Waals surface area (Å²) in [5, 5.41) is 0. The van der Waals surface area contributed by atoms with E-state index < -0.39 is 16.1 Å². The molecule has 0 radical (unpaired) electrons. The van der Waals surface area contributed by atoms with Crippen molar-refractivity contribution in [3.05, 3.63) is 23.8 Å². The number of amides is 2. The van der Waals surface area contributed by atoms with Gasteiger partial charge in [-0.3, -0.25) is 4.79 Å². The second-order valence-corrected chi connectivity index (χ2v) is 7.61. The molecule has 0 saturated carbocycles. The smallest absolute Gasteiger partial charge is 0.417 e. The van der Waals surface area contributed by atoms with E-state index in [0.29, 0.717) is 11.5 Å². The fourth-order valence-electron chi connectivity index (χ4n) is 2.90. The summed E-state index contributed by atoms with van der Waals surface area (Å²) < 4.78 is 20.6. The van der Waals surface area contributed by atoms with Gasteiger partial charge in [0.05, 0.1) is 20.3 Å². The number of halogens is 1. The molecule has 1 aliphatic heterocycles. The molecule has 8 heteroatoms. The minimum Gasteiger partial charge on any atom is -0.493 e. The Labute approximate surface area is 167 Å². The van der Waals surface area contributed by atoms with Crippen molar-refractivity contribution in [3.8, 4) is 11.5 Å². The van der Waals surface area contributed by atoms with Crippen molar-refractivity contribution in [2.45, 2.75) is 29.9 Å². The lowest BCUT2D eigenvalue weighted by Crippen LogP contribution is -2.46. The van der Waals surface area contributed by atoms with Gasteiger partial charge in [-0.25, -0.2) is 9.69 Å². The van der Waals surface area contributed by atoms with Crippen molar-refractivity contribution in [2.75, 3.05) is 27.9 Å². The molecule has 1 saturated heterocycles. The molecule has 144 valence electrons. The molecule has 1 fully saturated rings. The van der Waals surface area contributed by atoms with Crippen molar-refractivity contribution >= 4 is 34.6 Å². The lowest BCUT2D eigenvalue weighted by molar-refractivity contribution is -0.131. The first-order chi connectivity index (χ1) is 12.3. The Morgan fingerprint density at radius 2 is 1.88 bits per heavy atom. The number of methoxy groups -OCH3 is 3. The van der Waals surface area contributed by atoms with E-state index in [9.17, 15) is 9.59 Å². The van der Waals surface area contributed by atoms with Gasteiger partial charge in [0.25, 0.3) is 0 Å². The van der Waals surface area contributed by atoms with E-state index in [4.69, 9.17) is 18.9 Å². The van der Waals surface area contributed by atoms with Crippen LogP contribution in [-0.2, 0) is 14.3 Å². The minimum absolute atomic E-state index is 0.107. The minimum atomic E-state index is -0.609. The monoisotopic (exact) mass is 477 g/mol. The average molecular weight is 477 g/mol. The van der Waals surface area contributed by atoms with E-state index in [2.05, 4.69) is 0 Å². The van der Waals surface area contributed by atoms with Crippen LogP contribution in [0.15, 0.2) is 18.2 Å². The highest BCUT2D eigenvalue weighted by atomic mass is 127. The summed E-state index contributed by atoms with van der Waals surface area (Å²) in [5.41, 5.74) is 0.756. The van der Waals surface area contributed by atoms with Crippen molar-refractivity contribution in [1.82, 2.24) is 4.90 Å². The van der Waals surface area contributed by atoms with Crippen molar-refractivity contribution in [1.29, 1.82) is 0 Å². The SMILES string of the molecule is COc1ccc([C@H](OC)[C@H](I)C(=O)N2C(=O)OC[C@@H]2C(C)C)cc1OC. The molecule has 7 nitrogen and oxygen atoms in total. The Hall–Kier alpha value is -1.55. The van der Waals surface area contributed by atoms with Gasteiger partial charge in [0, 0.05) is 7.11 Å². The maximum Gasteiger partial charge on any atom is 0.417 e. The van der Waals surface area contributed by atoms with Gasteiger partial charge in [0.2, 0.25) is 5.91 Å². The highest BCUT2D eigenvalue weighted by Crippen LogP contribution is 2.35. The summed E-state index contributed by atoms with van der Waals surface area (Å²) in [6.07, 6.45) is -1.15. The van der Waals surface area contributed by atoms with Gasteiger partial charge >= 0.3 is 6.09 Å². The van der Waals surface area contributed by atoms with Gasteiger partial charge in [0.1, 0.15) is 16.6 Å². The first kappa shape index (κ1) is 20.8. The summed E-state index contributed by atoms with van der Waals surface area (Å²) in [6.45, 7) is 4.13. The van der Waals surface area contributed by atoms with Crippen LogP contribution >= 0.6 is 22.6 Å². The van der Waals surface area contributed by atoms with Crippen LogP contribution in [0.5, 0.6) is 11.5 Å². The third-order valence-corrected chi connectivity index (χ3v) is 5.59. The van der Waals surface area contributed by atoms with E-state index in [1.807, 2.05) is 42.5 Å². The molecule has 1 aromatic carbocycles. The van der Waals surface area contributed by atoms with Crippen LogP contribution in [0.4, 0.5) is 4.79 Å². The molecule has 0 aromatic heterocycles. The predicted octanol–water partition coefficient (Wildman–Crippen LogP) is 3.20. The Morgan fingerprint density at radius 1 is 1.23 bits per heavy atom. The van der Waals surface area contributed by atoms with E-state index in [1.54, 1.807) is 26.4 Å². The molecule has 0 aliphatic carbocycles. The van der Waals surface area contributed by atoms with Crippen molar-refractivity contribution < 1.29 is 28.5 Å². The summed E-state index contributed by atoms with van der Waals surface area (Å²) >= 11 is 2.01. The second-order valence-electron chi connectivity index (χ2n) is 6.27. The number of hydrogen-bond acceptors (Lipinski definition) is 6. The zero-order valence-corrected chi connectivity index (χ0v) is 17.7. The summed E-state index contributed by atoms with van der Waals surface area (Å²) in [6, 6.07) is 5.08. The largest absolute Gasteiger partial charge is 0.493 e. The van der Waals surface area contributed by atoms with Crippen LogP contribution in [0.1, 0.15) is 25.5 Å². The quantitative estimate of drug-likeness (QED) is 0.444. The molecule has 1 aliphatic rings. The van der Waals surface area contributed by atoms with Crippen LogP contribution in [0.25, 0.3) is 0 Å². The van der Waals surface area contributed by atoms with Gasteiger partial charge in [-0.15, -0.1) is 0 Å². The second kappa shape index (κ2) is 8.90. The number of imide groups is 1. The highest BCUT2D eigenvalue weighted by molar-refractivity contribution is 14.1. The molecule has 3 atom stereocenters. The number of nitrogens with zero attached hydrogens (tertiary/aromatic N) is 1. The first-order valence-electron chi connectivity index (χ1n) is 8.24. The van der Waals surface area contributed by atoms with E-state index >= 15 is 0 Å². The molecule has 1 aromatic rings. The number of rotatable bonds is 7. The molecular formula is C18H24INO6. The molecule has 26 heavy (non-hydrogen) atoms. The van der Waals surface area contributed by atoms with Gasteiger partial charge in [0.15, 0.2) is 11.5 Å². The predicted molar refractivity (Wildman–Crippen MR) is 104 cm³/mol. The number of carbonyl (C=O) groups is 2. The maximum absolute atomic E-state index is 13.0. The lowest BCUT2D eigenvalue weighted by atomic mass is 10.0. The molecule has 0 bridgehead atoms. The lowest BCUT2D eigenvalue weighted by Gasteiger charge is -2.28. The standard InChI is InChI=1S/C18H24INO6/c1-10(2)12-9-26-18(22)20(12)17(21)15(19)16(25-5)11-6-7-13(23-3)14(8-11)24-4/h6-8,10,12,15-16H,9H2,1-5H3/t12-,15+,16+/m1/s1. The van der Waals surface area contributed by atoms with Gasteiger partial charge < -0.3 is 18.9 Å². The Kier molecular flexibility index (Phi) is 7.10. The fraction of sp³-hybridized carbons (Fsp3) is 0.556. The molecule has 0 N–H and O–H groups in total. The van der Waals surface area contributed by atoms with Gasteiger partial charge in [-0.2, -0.15) is 0 Å². The number of cyclic esters (lactones) is 1. The topological polar surface area (TPSA) is 74.3 Å². The van der Waals surface area contributed by atoms with Crippen LogP contribution in [0.3, 0.4) is 0 Å².